The molecule has 2 rings (SSSR count). The average molecular weight is 255 g/mol. The van der Waals surface area contributed by atoms with E-state index in [2.05, 4.69) is 4.90 Å². The molecule has 1 aromatic carbocycles. The van der Waals surface area contributed by atoms with E-state index in [9.17, 15) is 9.50 Å². The van der Waals surface area contributed by atoms with Crippen LogP contribution < -0.4 is 4.90 Å². The van der Waals surface area contributed by atoms with Crippen LogP contribution in [0.1, 0.15) is 25.0 Å². The molecule has 1 heterocycles. The lowest BCUT2D eigenvalue weighted by molar-refractivity contribution is 0.199. The van der Waals surface area contributed by atoms with Gasteiger partial charge in [0.1, 0.15) is 5.82 Å². The number of hydrogen-bond acceptors (Lipinski definition) is 3. The number of hydrogen-bond donors (Lipinski definition) is 1. The fourth-order valence-corrected chi connectivity index (χ4v) is 3.02. The van der Waals surface area contributed by atoms with E-state index in [4.69, 9.17) is 0 Å². The summed E-state index contributed by atoms with van der Waals surface area (Å²) in [6.07, 6.45) is 0.512. The average Bonchev–Trinajstić information content (AvgIpc) is 2.57. The number of aliphatic hydroxyl groups is 1. The predicted molar refractivity (Wildman–Crippen MR) is 71.2 cm³/mol. The number of nitrogens with zero attached hydrogens (tertiary/aromatic N) is 1. The van der Waals surface area contributed by atoms with Gasteiger partial charge in [-0.15, -0.1) is 0 Å². The minimum atomic E-state index is -0.628. The summed E-state index contributed by atoms with van der Waals surface area (Å²) in [6, 6.07) is 4.70. The van der Waals surface area contributed by atoms with Gasteiger partial charge < -0.3 is 10.0 Å². The van der Waals surface area contributed by atoms with Gasteiger partial charge in [-0.3, -0.25) is 0 Å². The quantitative estimate of drug-likeness (QED) is 0.879. The molecule has 1 aliphatic rings. The van der Waals surface area contributed by atoms with Crippen molar-refractivity contribution >= 4 is 17.4 Å². The highest BCUT2D eigenvalue weighted by Crippen LogP contribution is 2.28. The third-order valence-corrected chi connectivity index (χ3v) is 4.05. The van der Waals surface area contributed by atoms with Crippen LogP contribution in [0.3, 0.4) is 0 Å². The van der Waals surface area contributed by atoms with E-state index >= 15 is 0 Å². The summed E-state index contributed by atoms with van der Waals surface area (Å²) in [4.78, 5) is 2.25. The first-order chi connectivity index (χ1) is 8.18. The monoisotopic (exact) mass is 255 g/mol. The zero-order chi connectivity index (χ0) is 12.3. The molecule has 1 saturated heterocycles. The Morgan fingerprint density at radius 1 is 1.35 bits per heavy atom. The Bertz CT molecular complexity index is 376. The molecular formula is C13H18FNOS. The lowest BCUT2D eigenvalue weighted by Crippen LogP contribution is -2.26. The molecule has 1 fully saturated rings. The molecule has 0 aromatic heterocycles. The van der Waals surface area contributed by atoms with Crippen LogP contribution in [0, 0.1) is 5.82 Å². The summed E-state index contributed by atoms with van der Waals surface area (Å²) >= 11 is 1.95. The Morgan fingerprint density at radius 3 is 2.94 bits per heavy atom. The number of thioether (sulfide) groups is 1. The Labute approximate surface area is 106 Å². The Hall–Kier alpha value is -0.740. The summed E-state index contributed by atoms with van der Waals surface area (Å²) in [7, 11) is 0. The first-order valence-corrected chi connectivity index (χ1v) is 7.14. The van der Waals surface area contributed by atoms with Crippen molar-refractivity contribution in [3.05, 3.63) is 29.6 Å². The van der Waals surface area contributed by atoms with Gasteiger partial charge in [-0.2, -0.15) is 11.8 Å². The molecule has 1 aromatic rings. The molecule has 1 N–H and O–H groups in total. The SMILES string of the molecule is CC(O)c1cc(F)ccc1N1CCCSCC1. The van der Waals surface area contributed by atoms with Crippen molar-refractivity contribution in [3.63, 3.8) is 0 Å². The largest absolute Gasteiger partial charge is 0.389 e. The van der Waals surface area contributed by atoms with E-state index in [0.29, 0.717) is 5.56 Å². The van der Waals surface area contributed by atoms with Crippen LogP contribution in [-0.2, 0) is 0 Å². The predicted octanol–water partition coefficient (Wildman–Crippen LogP) is 2.82. The van der Waals surface area contributed by atoms with E-state index < -0.39 is 6.10 Å². The van der Waals surface area contributed by atoms with Crippen LogP contribution in [0.2, 0.25) is 0 Å². The van der Waals surface area contributed by atoms with Crippen molar-refractivity contribution in [2.45, 2.75) is 19.4 Å². The summed E-state index contributed by atoms with van der Waals surface area (Å²) in [5.41, 5.74) is 1.67. The van der Waals surface area contributed by atoms with Gasteiger partial charge in [0, 0.05) is 30.1 Å². The van der Waals surface area contributed by atoms with Crippen LogP contribution in [0.4, 0.5) is 10.1 Å². The van der Waals surface area contributed by atoms with E-state index in [1.54, 1.807) is 13.0 Å². The maximum Gasteiger partial charge on any atom is 0.123 e. The maximum atomic E-state index is 13.2. The molecule has 1 unspecified atom stereocenters. The number of aliphatic hydroxyl groups excluding tert-OH is 1. The van der Waals surface area contributed by atoms with Gasteiger partial charge >= 0.3 is 0 Å². The summed E-state index contributed by atoms with van der Waals surface area (Å²) in [5, 5.41) is 9.73. The van der Waals surface area contributed by atoms with Gasteiger partial charge in [0.15, 0.2) is 0 Å². The number of anilines is 1. The zero-order valence-corrected chi connectivity index (χ0v) is 10.8. The lowest BCUT2D eigenvalue weighted by Gasteiger charge is -2.26. The summed E-state index contributed by atoms with van der Waals surface area (Å²) < 4.78 is 13.2. The van der Waals surface area contributed by atoms with Crippen molar-refractivity contribution in [3.8, 4) is 0 Å². The first kappa shape index (κ1) is 12.7. The molecule has 1 aliphatic heterocycles. The normalized spacial score (nSPS) is 18.9. The molecule has 4 heteroatoms. The molecule has 17 heavy (non-hydrogen) atoms. The highest BCUT2D eigenvalue weighted by Gasteiger charge is 2.16. The molecule has 0 saturated carbocycles. The van der Waals surface area contributed by atoms with Gasteiger partial charge in [0.25, 0.3) is 0 Å². The highest BCUT2D eigenvalue weighted by atomic mass is 32.2. The Kier molecular flexibility index (Phi) is 4.29. The van der Waals surface area contributed by atoms with Crippen molar-refractivity contribution in [1.82, 2.24) is 0 Å². The summed E-state index contributed by atoms with van der Waals surface area (Å²) in [5.74, 6) is 1.99. The Balaban J connectivity index is 2.29. The maximum absolute atomic E-state index is 13.2. The van der Waals surface area contributed by atoms with Crippen molar-refractivity contribution in [1.29, 1.82) is 0 Å². The van der Waals surface area contributed by atoms with Gasteiger partial charge in [-0.25, -0.2) is 4.39 Å². The second-order valence-electron chi connectivity index (χ2n) is 4.33. The van der Waals surface area contributed by atoms with Gasteiger partial charge in [0.2, 0.25) is 0 Å². The van der Waals surface area contributed by atoms with Gasteiger partial charge in [-0.1, -0.05) is 0 Å². The third-order valence-electron chi connectivity index (χ3n) is 3.00. The summed E-state index contributed by atoms with van der Waals surface area (Å²) in [6.45, 7) is 3.64. The lowest BCUT2D eigenvalue weighted by atomic mass is 10.1. The molecule has 0 spiro atoms. The van der Waals surface area contributed by atoms with E-state index in [1.165, 1.54) is 17.9 Å². The van der Waals surface area contributed by atoms with Crippen LogP contribution in [0.5, 0.6) is 0 Å². The first-order valence-electron chi connectivity index (χ1n) is 5.98. The van der Waals surface area contributed by atoms with E-state index in [1.807, 2.05) is 11.8 Å². The van der Waals surface area contributed by atoms with Crippen LogP contribution in [-0.4, -0.2) is 29.7 Å². The third kappa shape index (κ3) is 3.13. The minimum absolute atomic E-state index is 0.283. The molecular weight excluding hydrogens is 237 g/mol. The molecule has 2 nitrogen and oxygen atoms in total. The smallest absolute Gasteiger partial charge is 0.123 e. The molecule has 0 amide bonds. The highest BCUT2D eigenvalue weighted by molar-refractivity contribution is 7.99. The number of halogens is 1. The van der Waals surface area contributed by atoms with Gasteiger partial charge in [0.05, 0.1) is 6.10 Å². The van der Waals surface area contributed by atoms with Crippen LogP contribution in [0.25, 0.3) is 0 Å². The second kappa shape index (κ2) is 5.74. The fraction of sp³-hybridized carbons (Fsp3) is 0.538. The van der Waals surface area contributed by atoms with Crippen molar-refractivity contribution in [2.75, 3.05) is 29.5 Å². The molecule has 1 atom stereocenters. The Morgan fingerprint density at radius 2 is 2.18 bits per heavy atom. The van der Waals surface area contributed by atoms with E-state index in [-0.39, 0.29) is 5.82 Å². The molecule has 0 bridgehead atoms. The van der Waals surface area contributed by atoms with E-state index in [0.717, 1.165) is 31.0 Å². The molecule has 0 aliphatic carbocycles. The molecule has 0 radical (unpaired) electrons. The fourth-order valence-electron chi connectivity index (χ4n) is 2.13. The molecule has 94 valence electrons. The minimum Gasteiger partial charge on any atom is -0.389 e. The standard InChI is InChI=1S/C13H18FNOS/c1-10(16)12-9-11(14)3-4-13(12)15-5-2-7-17-8-6-15/h3-4,9-10,16H,2,5-8H2,1H3. The van der Waals surface area contributed by atoms with Crippen LogP contribution in [0.15, 0.2) is 18.2 Å². The number of benzene rings is 1. The van der Waals surface area contributed by atoms with Gasteiger partial charge in [-0.05, 0) is 37.3 Å². The zero-order valence-electron chi connectivity index (χ0n) is 10.0. The van der Waals surface area contributed by atoms with Crippen molar-refractivity contribution in [2.24, 2.45) is 0 Å². The number of rotatable bonds is 2. The second-order valence-corrected chi connectivity index (χ2v) is 5.56. The van der Waals surface area contributed by atoms with Crippen molar-refractivity contribution < 1.29 is 9.50 Å². The van der Waals surface area contributed by atoms with Crippen LogP contribution >= 0.6 is 11.8 Å². The topological polar surface area (TPSA) is 23.5 Å².